The van der Waals surface area contributed by atoms with E-state index in [1.54, 1.807) is 31.4 Å². The number of rotatable bonds is 2. The maximum Gasteiger partial charge on any atom is 0.240 e. The molecule has 2 aromatic rings. The van der Waals surface area contributed by atoms with Crippen LogP contribution in [0.1, 0.15) is 0 Å². The van der Waals surface area contributed by atoms with E-state index >= 15 is 0 Å². The van der Waals surface area contributed by atoms with Crippen molar-refractivity contribution in [2.24, 2.45) is 4.99 Å². The summed E-state index contributed by atoms with van der Waals surface area (Å²) in [6, 6.07) is 8.89. The highest BCUT2D eigenvalue weighted by Gasteiger charge is 1.98. The summed E-state index contributed by atoms with van der Waals surface area (Å²) in [5, 5.41) is 0.910. The summed E-state index contributed by atoms with van der Waals surface area (Å²) in [6.07, 6.45) is 1.50. The van der Waals surface area contributed by atoms with Crippen molar-refractivity contribution in [3.05, 3.63) is 30.3 Å². The van der Waals surface area contributed by atoms with E-state index in [1.807, 2.05) is 6.07 Å². The standard InChI is InChI=1S/C11H8N2O2/c1-15-11-5-2-8-6-9(12-7-14)3-4-10(8)13-11/h2-6H,1H3. The van der Waals surface area contributed by atoms with Crippen LogP contribution in [0.4, 0.5) is 5.69 Å². The fourth-order valence-electron chi connectivity index (χ4n) is 1.33. The molecule has 1 aromatic carbocycles. The summed E-state index contributed by atoms with van der Waals surface area (Å²) < 4.78 is 5.00. The lowest BCUT2D eigenvalue weighted by atomic mass is 10.2. The number of fused-ring (bicyclic) bond motifs is 1. The van der Waals surface area contributed by atoms with Gasteiger partial charge in [-0.1, -0.05) is 0 Å². The molecule has 2 rings (SSSR count). The Bertz CT molecular complexity index is 545. The Balaban J connectivity index is 2.59. The van der Waals surface area contributed by atoms with Gasteiger partial charge >= 0.3 is 0 Å². The monoisotopic (exact) mass is 200 g/mol. The van der Waals surface area contributed by atoms with Gasteiger partial charge in [0.2, 0.25) is 12.0 Å². The summed E-state index contributed by atoms with van der Waals surface area (Å²) in [7, 11) is 1.57. The van der Waals surface area contributed by atoms with Crippen LogP contribution in [-0.2, 0) is 4.79 Å². The summed E-state index contributed by atoms with van der Waals surface area (Å²) in [6.45, 7) is 0. The second-order valence-electron chi connectivity index (χ2n) is 2.93. The highest BCUT2D eigenvalue weighted by molar-refractivity contribution is 5.82. The molecule has 0 bridgehead atoms. The van der Waals surface area contributed by atoms with E-state index in [9.17, 15) is 4.79 Å². The van der Waals surface area contributed by atoms with Gasteiger partial charge in [0, 0.05) is 11.5 Å². The number of ether oxygens (including phenoxy) is 1. The topological polar surface area (TPSA) is 51.5 Å². The molecule has 15 heavy (non-hydrogen) atoms. The molecule has 0 saturated carbocycles. The van der Waals surface area contributed by atoms with Gasteiger partial charge in [-0.3, -0.25) is 0 Å². The highest BCUT2D eigenvalue weighted by Crippen LogP contribution is 2.21. The Kier molecular flexibility index (Phi) is 2.44. The molecule has 0 atom stereocenters. The van der Waals surface area contributed by atoms with Gasteiger partial charge in [0.25, 0.3) is 0 Å². The average molecular weight is 200 g/mol. The number of hydrogen-bond acceptors (Lipinski definition) is 4. The Labute approximate surface area is 86.2 Å². The minimum Gasteiger partial charge on any atom is -0.481 e. The van der Waals surface area contributed by atoms with E-state index in [2.05, 4.69) is 9.98 Å². The van der Waals surface area contributed by atoms with E-state index in [0.29, 0.717) is 11.6 Å². The van der Waals surface area contributed by atoms with Gasteiger partial charge in [-0.15, -0.1) is 0 Å². The quantitative estimate of drug-likeness (QED) is 0.551. The Morgan fingerprint density at radius 1 is 1.33 bits per heavy atom. The number of aliphatic imine (C=N–C) groups is 1. The molecule has 0 radical (unpaired) electrons. The Morgan fingerprint density at radius 3 is 2.93 bits per heavy atom. The maximum absolute atomic E-state index is 10.1. The highest BCUT2D eigenvalue weighted by atomic mass is 16.5. The maximum atomic E-state index is 10.1. The molecule has 0 spiro atoms. The van der Waals surface area contributed by atoms with E-state index in [4.69, 9.17) is 4.74 Å². The number of carbonyl (C=O) groups excluding carboxylic acids is 1. The fourth-order valence-corrected chi connectivity index (χ4v) is 1.33. The van der Waals surface area contributed by atoms with Crippen molar-refractivity contribution in [2.75, 3.05) is 7.11 Å². The third kappa shape index (κ3) is 1.85. The number of methoxy groups -OCH3 is 1. The zero-order valence-electron chi connectivity index (χ0n) is 8.10. The van der Waals surface area contributed by atoms with Crippen molar-refractivity contribution in [1.82, 2.24) is 4.98 Å². The number of nitrogens with zero attached hydrogens (tertiary/aromatic N) is 2. The van der Waals surface area contributed by atoms with Crippen LogP contribution in [-0.4, -0.2) is 18.2 Å². The van der Waals surface area contributed by atoms with Crippen molar-refractivity contribution in [3.63, 3.8) is 0 Å². The number of isocyanates is 1. The van der Waals surface area contributed by atoms with Crippen LogP contribution in [0.2, 0.25) is 0 Å². The number of pyridine rings is 1. The molecule has 0 unspecified atom stereocenters. The average Bonchev–Trinajstić information content (AvgIpc) is 2.29. The molecule has 0 aliphatic rings. The molecule has 0 aliphatic heterocycles. The van der Waals surface area contributed by atoms with Crippen LogP contribution in [0.15, 0.2) is 35.3 Å². The van der Waals surface area contributed by atoms with Gasteiger partial charge in [-0.25, -0.2) is 9.78 Å². The van der Waals surface area contributed by atoms with Crippen LogP contribution in [0.25, 0.3) is 10.9 Å². The first-order valence-electron chi connectivity index (χ1n) is 4.36. The van der Waals surface area contributed by atoms with Gasteiger partial charge in [0.1, 0.15) is 0 Å². The predicted molar refractivity (Wildman–Crippen MR) is 56.1 cm³/mol. The van der Waals surface area contributed by atoms with E-state index in [1.165, 1.54) is 6.08 Å². The van der Waals surface area contributed by atoms with Gasteiger partial charge in [0.05, 0.1) is 18.3 Å². The van der Waals surface area contributed by atoms with Crippen LogP contribution < -0.4 is 4.74 Å². The molecule has 4 nitrogen and oxygen atoms in total. The van der Waals surface area contributed by atoms with Gasteiger partial charge in [-0.2, -0.15) is 4.99 Å². The van der Waals surface area contributed by atoms with Crippen LogP contribution >= 0.6 is 0 Å². The zero-order chi connectivity index (χ0) is 10.7. The SMILES string of the molecule is COc1ccc2cc(N=C=O)ccc2n1. The first-order chi connectivity index (χ1) is 7.33. The molecule has 0 N–H and O–H groups in total. The van der Waals surface area contributed by atoms with Crippen molar-refractivity contribution < 1.29 is 9.53 Å². The third-order valence-electron chi connectivity index (χ3n) is 2.03. The summed E-state index contributed by atoms with van der Waals surface area (Å²) in [5.74, 6) is 0.564. The second-order valence-corrected chi connectivity index (χ2v) is 2.93. The van der Waals surface area contributed by atoms with Crippen LogP contribution in [0.5, 0.6) is 5.88 Å². The lowest BCUT2D eigenvalue weighted by Crippen LogP contribution is -1.87. The van der Waals surface area contributed by atoms with Gasteiger partial charge in [0.15, 0.2) is 0 Å². The minimum absolute atomic E-state index is 0.564. The molecule has 74 valence electrons. The van der Waals surface area contributed by atoms with Crippen LogP contribution in [0, 0.1) is 0 Å². The minimum atomic E-state index is 0.564. The lowest BCUT2D eigenvalue weighted by Gasteiger charge is -2.01. The predicted octanol–water partition coefficient (Wildman–Crippen LogP) is 2.21. The molecule has 0 amide bonds. The fraction of sp³-hybridized carbons (Fsp3) is 0.0909. The van der Waals surface area contributed by atoms with Gasteiger partial charge < -0.3 is 4.74 Å². The molecule has 4 heteroatoms. The normalized spacial score (nSPS) is 9.67. The molecule has 0 aliphatic carbocycles. The Morgan fingerprint density at radius 2 is 2.20 bits per heavy atom. The number of hydrogen-bond donors (Lipinski definition) is 0. The Hall–Kier alpha value is -2.19. The van der Waals surface area contributed by atoms with Crippen molar-refractivity contribution in [3.8, 4) is 5.88 Å². The molecule has 1 heterocycles. The molecular weight excluding hydrogens is 192 g/mol. The second kappa shape index (κ2) is 3.90. The molecule has 0 saturated heterocycles. The molecule has 1 aromatic heterocycles. The molecular formula is C11H8N2O2. The van der Waals surface area contributed by atoms with E-state index in [-0.39, 0.29) is 0 Å². The molecule has 0 fully saturated rings. The summed E-state index contributed by atoms with van der Waals surface area (Å²) in [5.41, 5.74) is 1.38. The summed E-state index contributed by atoms with van der Waals surface area (Å²) in [4.78, 5) is 17.9. The van der Waals surface area contributed by atoms with E-state index in [0.717, 1.165) is 10.9 Å². The first kappa shape index (κ1) is 9.37. The largest absolute Gasteiger partial charge is 0.481 e. The number of benzene rings is 1. The van der Waals surface area contributed by atoms with E-state index < -0.39 is 0 Å². The first-order valence-corrected chi connectivity index (χ1v) is 4.36. The smallest absolute Gasteiger partial charge is 0.240 e. The van der Waals surface area contributed by atoms with Crippen LogP contribution in [0.3, 0.4) is 0 Å². The van der Waals surface area contributed by atoms with Crippen molar-refractivity contribution in [1.29, 1.82) is 0 Å². The summed E-state index contributed by atoms with van der Waals surface area (Å²) >= 11 is 0. The number of aromatic nitrogens is 1. The lowest BCUT2D eigenvalue weighted by molar-refractivity contribution is 0.399. The van der Waals surface area contributed by atoms with Crippen molar-refractivity contribution in [2.45, 2.75) is 0 Å². The zero-order valence-corrected chi connectivity index (χ0v) is 8.10. The van der Waals surface area contributed by atoms with Gasteiger partial charge in [-0.05, 0) is 24.3 Å². The third-order valence-corrected chi connectivity index (χ3v) is 2.03. The van der Waals surface area contributed by atoms with Crippen molar-refractivity contribution >= 4 is 22.7 Å².